The van der Waals surface area contributed by atoms with Gasteiger partial charge in [-0.2, -0.15) is 0 Å². The van der Waals surface area contributed by atoms with Gasteiger partial charge in [-0.05, 0) is 104 Å². The van der Waals surface area contributed by atoms with Gasteiger partial charge in [-0.25, -0.2) is 0 Å². The Hall–Kier alpha value is -7.16. The molecule has 11 rings (SSSR count). The van der Waals surface area contributed by atoms with E-state index in [0.29, 0.717) is 0 Å². The van der Waals surface area contributed by atoms with Crippen molar-refractivity contribution in [3.8, 4) is 39.1 Å². The van der Waals surface area contributed by atoms with Crippen LogP contribution in [-0.2, 0) is 5.41 Å². The summed E-state index contributed by atoms with van der Waals surface area (Å²) in [7, 11) is 0. The number of aromatic nitrogens is 1. The molecule has 0 atom stereocenters. The van der Waals surface area contributed by atoms with Gasteiger partial charge in [0.25, 0.3) is 0 Å². The minimum atomic E-state index is -0.110. The third-order valence-corrected chi connectivity index (χ3v) is 12.2. The van der Waals surface area contributed by atoms with E-state index in [-0.39, 0.29) is 5.41 Å². The van der Waals surface area contributed by atoms with Crippen LogP contribution in [0.1, 0.15) is 25.0 Å². The van der Waals surface area contributed by atoms with E-state index in [4.69, 9.17) is 0 Å². The molecule has 0 N–H and O–H groups in total. The molecule has 0 aliphatic heterocycles. The molecule has 2 nitrogen and oxygen atoms in total. The highest BCUT2D eigenvalue weighted by molar-refractivity contribution is 6.11. The Morgan fingerprint density at radius 1 is 0.386 bits per heavy atom. The zero-order valence-electron chi connectivity index (χ0n) is 32.0. The average molecular weight is 729 g/mol. The molecule has 1 aliphatic carbocycles. The summed E-state index contributed by atoms with van der Waals surface area (Å²) in [6.45, 7) is 4.71. The van der Waals surface area contributed by atoms with E-state index < -0.39 is 0 Å². The summed E-state index contributed by atoms with van der Waals surface area (Å²) in [5.41, 5.74) is 17.0. The van der Waals surface area contributed by atoms with Crippen molar-refractivity contribution in [3.63, 3.8) is 0 Å². The van der Waals surface area contributed by atoms with Gasteiger partial charge in [-0.1, -0.05) is 166 Å². The molecular weight excluding hydrogens is 689 g/mol. The Balaban J connectivity index is 1.10. The minimum absolute atomic E-state index is 0.110. The van der Waals surface area contributed by atoms with Crippen LogP contribution in [0, 0.1) is 0 Å². The van der Waals surface area contributed by atoms with Gasteiger partial charge in [0.05, 0.1) is 16.7 Å². The van der Waals surface area contributed by atoms with Gasteiger partial charge in [0.15, 0.2) is 0 Å². The summed E-state index contributed by atoms with van der Waals surface area (Å²) < 4.78 is 2.45. The van der Waals surface area contributed by atoms with Crippen molar-refractivity contribution in [2.24, 2.45) is 0 Å². The van der Waals surface area contributed by atoms with Crippen molar-refractivity contribution >= 4 is 49.6 Å². The molecule has 2 heteroatoms. The fourth-order valence-electron chi connectivity index (χ4n) is 9.44. The van der Waals surface area contributed by atoms with E-state index in [1.54, 1.807) is 0 Å². The first-order valence-corrected chi connectivity index (χ1v) is 19.9. The van der Waals surface area contributed by atoms with Crippen LogP contribution in [0.5, 0.6) is 0 Å². The molecule has 1 aliphatic rings. The van der Waals surface area contributed by atoms with E-state index in [2.05, 4.69) is 230 Å². The molecule has 0 bridgehead atoms. The molecule has 0 unspecified atom stereocenters. The fraction of sp³-hybridized carbons (Fsp3) is 0.0545. The number of rotatable bonds is 6. The van der Waals surface area contributed by atoms with Crippen molar-refractivity contribution in [1.29, 1.82) is 0 Å². The number of hydrogen-bond donors (Lipinski definition) is 0. The van der Waals surface area contributed by atoms with Gasteiger partial charge in [0.2, 0.25) is 0 Å². The lowest BCUT2D eigenvalue weighted by Gasteiger charge is -2.28. The third-order valence-electron chi connectivity index (χ3n) is 12.2. The van der Waals surface area contributed by atoms with E-state index in [0.717, 1.165) is 17.1 Å². The van der Waals surface area contributed by atoms with Crippen LogP contribution in [0.3, 0.4) is 0 Å². The monoisotopic (exact) mass is 728 g/mol. The second-order valence-corrected chi connectivity index (χ2v) is 15.7. The van der Waals surface area contributed by atoms with Gasteiger partial charge in [0.1, 0.15) is 0 Å². The Bertz CT molecular complexity index is 3100. The SMILES string of the molecule is CC1(C)c2ccccc2-c2ccc(N(c3ccc(-c4c(-n5c6ccccc6c6ccccc65)ccc5ccccc45)cc3)c3cccc(-c4ccccc4)c3)cc21. The first kappa shape index (κ1) is 33.2. The second kappa shape index (κ2) is 13.0. The molecule has 0 spiro atoms. The largest absolute Gasteiger partial charge is 0.310 e. The van der Waals surface area contributed by atoms with Gasteiger partial charge in [-0.3, -0.25) is 0 Å². The Labute approximate surface area is 333 Å². The number of para-hydroxylation sites is 2. The van der Waals surface area contributed by atoms with E-state index in [9.17, 15) is 0 Å². The molecule has 1 aromatic heterocycles. The summed E-state index contributed by atoms with van der Waals surface area (Å²) >= 11 is 0. The highest BCUT2D eigenvalue weighted by Crippen LogP contribution is 2.51. The molecule has 0 amide bonds. The topological polar surface area (TPSA) is 8.17 Å². The summed E-state index contributed by atoms with van der Waals surface area (Å²) in [4.78, 5) is 2.42. The first-order valence-electron chi connectivity index (χ1n) is 19.9. The van der Waals surface area contributed by atoms with Crippen LogP contribution in [0.4, 0.5) is 17.1 Å². The van der Waals surface area contributed by atoms with Gasteiger partial charge in [0, 0.05) is 38.8 Å². The summed E-state index contributed by atoms with van der Waals surface area (Å²) in [5, 5.41) is 4.98. The third kappa shape index (κ3) is 5.25. The molecule has 9 aromatic carbocycles. The standard InChI is InChI=1S/C55H40N2/c1-55(2)49-24-11-8-21-45(49)46-33-32-43(36-50(46)55)56(42-19-14-18-40(35-42)37-15-4-3-5-16-37)41-30-27-39(28-31-41)54-44-20-7-6-17-38(44)29-34-53(54)57-51-25-12-9-22-47(51)48-23-10-13-26-52(48)57/h3-36H,1-2H3. The Kier molecular flexibility index (Phi) is 7.55. The molecule has 57 heavy (non-hydrogen) atoms. The summed E-state index contributed by atoms with van der Waals surface area (Å²) in [6.07, 6.45) is 0. The van der Waals surface area contributed by atoms with E-state index in [1.165, 1.54) is 82.8 Å². The maximum absolute atomic E-state index is 2.45. The fourth-order valence-corrected chi connectivity index (χ4v) is 9.44. The second-order valence-electron chi connectivity index (χ2n) is 15.7. The molecule has 270 valence electrons. The molecular formula is C55H40N2. The van der Waals surface area contributed by atoms with Gasteiger partial charge < -0.3 is 9.47 Å². The lowest BCUT2D eigenvalue weighted by atomic mass is 9.82. The highest BCUT2D eigenvalue weighted by atomic mass is 15.1. The predicted octanol–water partition coefficient (Wildman–Crippen LogP) is 15.0. The summed E-state index contributed by atoms with van der Waals surface area (Å²) in [6, 6.07) is 75.7. The Morgan fingerprint density at radius 3 is 1.75 bits per heavy atom. The summed E-state index contributed by atoms with van der Waals surface area (Å²) in [5.74, 6) is 0. The van der Waals surface area contributed by atoms with Gasteiger partial charge in [-0.15, -0.1) is 0 Å². The lowest BCUT2D eigenvalue weighted by molar-refractivity contribution is 0.660. The van der Waals surface area contributed by atoms with Crippen molar-refractivity contribution in [2.45, 2.75) is 19.3 Å². The number of benzene rings is 9. The zero-order chi connectivity index (χ0) is 38.1. The normalized spacial score (nSPS) is 12.9. The van der Waals surface area contributed by atoms with Gasteiger partial charge >= 0.3 is 0 Å². The Morgan fingerprint density at radius 2 is 0.982 bits per heavy atom. The van der Waals surface area contributed by atoms with Crippen molar-refractivity contribution < 1.29 is 0 Å². The molecule has 0 saturated heterocycles. The van der Waals surface area contributed by atoms with Crippen LogP contribution in [0.2, 0.25) is 0 Å². The number of nitrogens with zero attached hydrogens (tertiary/aromatic N) is 2. The van der Waals surface area contributed by atoms with Crippen LogP contribution in [0.15, 0.2) is 206 Å². The molecule has 0 fully saturated rings. The van der Waals surface area contributed by atoms with Crippen LogP contribution in [0.25, 0.3) is 71.6 Å². The highest BCUT2D eigenvalue weighted by Gasteiger charge is 2.35. The lowest BCUT2D eigenvalue weighted by Crippen LogP contribution is -2.16. The van der Waals surface area contributed by atoms with E-state index >= 15 is 0 Å². The molecule has 1 heterocycles. The number of fused-ring (bicyclic) bond motifs is 7. The molecule has 0 radical (unpaired) electrons. The number of hydrogen-bond acceptors (Lipinski definition) is 1. The van der Waals surface area contributed by atoms with E-state index in [1.807, 2.05) is 0 Å². The molecule has 10 aromatic rings. The predicted molar refractivity (Wildman–Crippen MR) is 241 cm³/mol. The number of anilines is 3. The smallest absolute Gasteiger partial charge is 0.0547 e. The van der Waals surface area contributed by atoms with Crippen LogP contribution < -0.4 is 4.90 Å². The molecule has 0 saturated carbocycles. The average Bonchev–Trinajstić information content (AvgIpc) is 3.72. The maximum Gasteiger partial charge on any atom is 0.0547 e. The quantitative estimate of drug-likeness (QED) is 0.165. The van der Waals surface area contributed by atoms with Crippen molar-refractivity contribution in [2.75, 3.05) is 4.90 Å². The van der Waals surface area contributed by atoms with Crippen molar-refractivity contribution in [1.82, 2.24) is 4.57 Å². The zero-order valence-corrected chi connectivity index (χ0v) is 32.0. The van der Waals surface area contributed by atoms with Crippen LogP contribution >= 0.6 is 0 Å². The first-order chi connectivity index (χ1) is 28.0. The van der Waals surface area contributed by atoms with Crippen LogP contribution in [-0.4, -0.2) is 4.57 Å². The van der Waals surface area contributed by atoms with Crippen molar-refractivity contribution in [3.05, 3.63) is 217 Å². The minimum Gasteiger partial charge on any atom is -0.310 e. The maximum atomic E-state index is 2.45.